The molecule has 5 aromatic carbocycles. The smallest absolute Gasteiger partial charge is 0.269 e. The molecule has 0 atom stereocenters. The average Bonchev–Trinajstić information content (AvgIpc) is 3.84. The number of benzene rings is 5. The zero-order valence-electron chi connectivity index (χ0n) is 38.2. The number of nitro groups is 4. The minimum absolute atomic E-state index is 0.0289. The van der Waals surface area contributed by atoms with Crippen molar-refractivity contribution in [1.29, 1.82) is 0 Å². The van der Waals surface area contributed by atoms with E-state index in [1.165, 1.54) is 79.9 Å². The molecule has 2 fully saturated rings. The van der Waals surface area contributed by atoms with Gasteiger partial charge in [-0.1, -0.05) is 15.9 Å². The van der Waals surface area contributed by atoms with Crippen LogP contribution < -0.4 is 32.7 Å². The number of carbonyl (C=O) groups excluding carboxylic acids is 4. The number of hydrogen-bond donors (Lipinski definition) is 4. The number of imide groups is 2. The Morgan fingerprint density at radius 1 is 0.486 bits per heavy atom. The third kappa shape index (κ3) is 15.6. The standard InChI is InChI=1S/C11H9BrN2O4.C11H10N2O4.C8H10N2O3.C8H12N2O.C7H8N2O2/c12-6-7-5-8(14(17)18)1-2-9(7)13-10(15)3-4-11(13)16;1-7-6-8(13(16)17)2-3-9(7)12-10(14)4-5-11(12)15;1-13-5-6-4-7(10(11)12)2-3-8(6)9;1-11-5-6-4-7(9)2-3-8(6)10;1-5-4-6(9(10)11)2-3-7(5)8/h1-2,5H,3-4,6H2;2-3,6H,4-5H2,1H3;2-4H,5,9H2,1H3;2-4H,5,9-10H2,1H3;2-4H,8H2,1H3. The van der Waals surface area contributed by atoms with Gasteiger partial charge < -0.3 is 32.4 Å². The average molecular weight is 1030 g/mol. The fourth-order valence-corrected chi connectivity index (χ4v) is 6.82. The quantitative estimate of drug-likeness (QED) is 0.0327. The molecule has 8 N–H and O–H groups in total. The van der Waals surface area contributed by atoms with Crippen LogP contribution in [-0.4, -0.2) is 57.5 Å². The van der Waals surface area contributed by atoms with E-state index in [1.807, 2.05) is 6.07 Å². The summed E-state index contributed by atoms with van der Waals surface area (Å²) in [6.07, 6.45) is 0.791. The lowest BCUT2D eigenvalue weighted by molar-refractivity contribution is -0.385. The summed E-state index contributed by atoms with van der Waals surface area (Å²) in [5.74, 6) is -1.05. The zero-order valence-corrected chi connectivity index (χ0v) is 39.8. The molecule has 7 rings (SSSR count). The third-order valence-corrected chi connectivity index (χ3v) is 10.6. The minimum Gasteiger partial charge on any atom is -0.399 e. The minimum atomic E-state index is -0.510. The summed E-state index contributed by atoms with van der Waals surface area (Å²) >= 11 is 3.21. The summed E-state index contributed by atoms with van der Waals surface area (Å²) in [6, 6.07) is 22.2. The molecule has 4 amide bonds. The van der Waals surface area contributed by atoms with E-state index >= 15 is 0 Å². The van der Waals surface area contributed by atoms with Crippen molar-refractivity contribution in [3.05, 3.63) is 159 Å². The van der Waals surface area contributed by atoms with Crippen molar-refractivity contribution in [1.82, 2.24) is 0 Å². The molecule has 370 valence electrons. The molecule has 0 radical (unpaired) electrons. The van der Waals surface area contributed by atoms with E-state index < -0.39 is 19.7 Å². The first-order chi connectivity index (χ1) is 33.0. The third-order valence-electron chi connectivity index (χ3n) is 9.96. The Kier molecular flexibility index (Phi) is 20.9. The Hall–Kier alpha value is -8.42. The summed E-state index contributed by atoms with van der Waals surface area (Å²) in [4.78, 5) is 88.5. The predicted molar refractivity (Wildman–Crippen MR) is 263 cm³/mol. The van der Waals surface area contributed by atoms with Gasteiger partial charge >= 0.3 is 0 Å². The predicted octanol–water partition coefficient (Wildman–Crippen LogP) is 7.51. The number of non-ortho nitro benzene ring substituents is 4. The molecule has 0 aromatic heterocycles. The lowest BCUT2D eigenvalue weighted by atomic mass is 10.1. The van der Waals surface area contributed by atoms with Crippen molar-refractivity contribution in [2.24, 2.45) is 0 Å². The van der Waals surface area contributed by atoms with Crippen molar-refractivity contribution in [3.63, 3.8) is 0 Å². The fraction of sp³-hybridized carbons (Fsp3) is 0.244. The lowest BCUT2D eigenvalue weighted by Crippen LogP contribution is -2.29. The highest BCUT2D eigenvalue weighted by molar-refractivity contribution is 9.08. The van der Waals surface area contributed by atoms with Crippen LogP contribution >= 0.6 is 15.9 Å². The number of hydrogen-bond acceptors (Lipinski definition) is 18. The number of amides is 4. The van der Waals surface area contributed by atoms with Gasteiger partial charge in [0.25, 0.3) is 22.7 Å². The van der Waals surface area contributed by atoms with Gasteiger partial charge in [0.15, 0.2) is 0 Å². The van der Waals surface area contributed by atoms with Gasteiger partial charge in [-0.15, -0.1) is 0 Å². The van der Waals surface area contributed by atoms with Gasteiger partial charge in [-0.05, 0) is 73.0 Å². The van der Waals surface area contributed by atoms with E-state index in [1.54, 1.807) is 33.1 Å². The second kappa shape index (κ2) is 26.2. The van der Waals surface area contributed by atoms with Crippen molar-refractivity contribution >= 4 is 96.4 Å². The van der Waals surface area contributed by atoms with E-state index in [0.29, 0.717) is 57.1 Å². The molecule has 5 aromatic rings. The van der Waals surface area contributed by atoms with Gasteiger partial charge in [0.05, 0.1) is 44.3 Å². The number of carbonyl (C=O) groups is 4. The maximum Gasteiger partial charge on any atom is 0.269 e. The van der Waals surface area contributed by atoms with E-state index in [4.69, 9.17) is 32.4 Å². The van der Waals surface area contributed by atoms with Gasteiger partial charge in [0.2, 0.25) is 23.6 Å². The van der Waals surface area contributed by atoms with Gasteiger partial charge in [-0.25, -0.2) is 0 Å². The highest BCUT2D eigenvalue weighted by Gasteiger charge is 2.33. The number of halogens is 1. The molecule has 0 unspecified atom stereocenters. The first-order valence-corrected chi connectivity index (χ1v) is 21.6. The number of ether oxygens (including phenoxy) is 2. The second-order valence-corrected chi connectivity index (χ2v) is 15.5. The largest absolute Gasteiger partial charge is 0.399 e. The Morgan fingerprint density at radius 2 is 0.829 bits per heavy atom. The molecule has 25 heteroatoms. The van der Waals surface area contributed by atoms with Crippen LogP contribution in [0.2, 0.25) is 0 Å². The number of methoxy groups -OCH3 is 2. The molecule has 2 aliphatic rings. The fourth-order valence-electron chi connectivity index (χ4n) is 6.37. The summed E-state index contributed by atoms with van der Waals surface area (Å²) in [5, 5.41) is 42.2. The van der Waals surface area contributed by atoms with Crippen molar-refractivity contribution in [2.45, 2.75) is 58.1 Å². The Morgan fingerprint density at radius 3 is 1.23 bits per heavy atom. The molecule has 0 aliphatic carbocycles. The molecular weight excluding hydrogens is 984 g/mol. The van der Waals surface area contributed by atoms with Crippen LogP contribution in [0.5, 0.6) is 0 Å². The maximum absolute atomic E-state index is 11.6. The Bertz CT molecular complexity index is 2760. The number of anilines is 6. The van der Waals surface area contributed by atoms with E-state index in [0.717, 1.165) is 26.6 Å². The molecule has 24 nitrogen and oxygen atoms in total. The maximum atomic E-state index is 11.6. The zero-order chi connectivity index (χ0) is 52.4. The Balaban J connectivity index is 0.000000235. The van der Waals surface area contributed by atoms with E-state index in [2.05, 4.69) is 15.9 Å². The van der Waals surface area contributed by atoms with Crippen LogP contribution in [-0.2, 0) is 47.2 Å². The normalized spacial score (nSPS) is 12.6. The van der Waals surface area contributed by atoms with Gasteiger partial charge in [-0.3, -0.25) is 69.4 Å². The van der Waals surface area contributed by atoms with E-state index in [9.17, 15) is 59.6 Å². The number of nitrogens with zero attached hydrogens (tertiary/aromatic N) is 6. The van der Waals surface area contributed by atoms with Crippen LogP contribution in [0, 0.1) is 54.3 Å². The molecule has 2 saturated heterocycles. The lowest BCUT2D eigenvalue weighted by Gasteiger charge is -2.16. The number of rotatable bonds is 11. The summed E-state index contributed by atoms with van der Waals surface area (Å²) < 4.78 is 9.77. The Labute approximate surface area is 407 Å². The molecule has 2 aliphatic heterocycles. The van der Waals surface area contributed by atoms with Crippen LogP contribution in [0.25, 0.3) is 0 Å². The van der Waals surface area contributed by atoms with Crippen molar-refractivity contribution < 1.29 is 48.3 Å². The first-order valence-electron chi connectivity index (χ1n) is 20.5. The van der Waals surface area contributed by atoms with Crippen LogP contribution in [0.4, 0.5) is 56.9 Å². The SMILES string of the molecule is COCc1cc(N)ccc1N.COCc1cc([N+](=O)[O-])ccc1N.Cc1cc([N+](=O)[O-])ccc1N.Cc1cc([N+](=O)[O-])ccc1N1C(=O)CCC1=O.O=C1CCC(=O)N1c1ccc([N+](=O)[O-])cc1CBr. The number of nitro benzene ring substituents is 4. The highest BCUT2D eigenvalue weighted by atomic mass is 79.9. The monoisotopic (exact) mass is 1030 g/mol. The molecular formula is C45H49BrN10O14. The summed E-state index contributed by atoms with van der Waals surface area (Å²) in [6.45, 7) is 4.17. The van der Waals surface area contributed by atoms with Gasteiger partial charge in [-0.2, -0.15) is 0 Å². The van der Waals surface area contributed by atoms with Gasteiger partial charge in [0, 0.05) is 128 Å². The molecule has 2 heterocycles. The number of aryl methyl sites for hydroxylation is 2. The second-order valence-electron chi connectivity index (χ2n) is 14.9. The van der Waals surface area contributed by atoms with Crippen molar-refractivity contribution in [2.75, 3.05) is 47.0 Å². The van der Waals surface area contributed by atoms with Crippen LogP contribution in [0.15, 0.2) is 91.0 Å². The van der Waals surface area contributed by atoms with Crippen LogP contribution in [0.1, 0.15) is 53.5 Å². The molecule has 0 spiro atoms. The van der Waals surface area contributed by atoms with E-state index in [-0.39, 0.29) is 78.7 Å². The number of nitrogens with two attached hydrogens (primary N) is 4. The molecule has 70 heavy (non-hydrogen) atoms. The topological polar surface area (TPSA) is 370 Å². The molecule has 0 bridgehead atoms. The van der Waals surface area contributed by atoms with Gasteiger partial charge in [0.1, 0.15) is 0 Å². The van der Waals surface area contributed by atoms with Crippen LogP contribution in [0.3, 0.4) is 0 Å². The molecule has 0 saturated carbocycles. The summed E-state index contributed by atoms with van der Waals surface area (Å²) in [7, 11) is 3.14. The van der Waals surface area contributed by atoms with Crippen molar-refractivity contribution in [3.8, 4) is 0 Å². The number of nitrogen functional groups attached to an aromatic ring is 4. The number of alkyl halides is 1. The highest BCUT2D eigenvalue weighted by Crippen LogP contribution is 2.32. The summed E-state index contributed by atoms with van der Waals surface area (Å²) in [5.41, 5.74) is 29.0. The first kappa shape index (κ1) is 55.9.